The van der Waals surface area contributed by atoms with Crippen molar-refractivity contribution in [3.63, 3.8) is 0 Å². The molecule has 0 aliphatic rings. The average molecular weight is 363 g/mol. The Morgan fingerprint density at radius 1 is 1.26 bits per heavy atom. The predicted octanol–water partition coefficient (Wildman–Crippen LogP) is 4.10. The third kappa shape index (κ3) is 4.37. The Labute approximate surface area is 159 Å². The van der Waals surface area contributed by atoms with Crippen LogP contribution in [0.5, 0.6) is 5.75 Å². The number of aryl methyl sites for hydroxylation is 2. The molecule has 1 N–H and O–H groups in total. The zero-order chi connectivity index (χ0) is 19.4. The fourth-order valence-corrected chi connectivity index (χ4v) is 3.27. The van der Waals surface area contributed by atoms with Crippen molar-refractivity contribution in [1.29, 1.82) is 0 Å². The average Bonchev–Trinajstić information content (AvgIpc) is 3.00. The van der Waals surface area contributed by atoms with Gasteiger partial charge in [0.2, 0.25) is 5.91 Å². The minimum absolute atomic E-state index is 0.215. The fraction of sp³-hybridized carbons (Fsp3) is 0.273. The Morgan fingerprint density at radius 3 is 2.67 bits per heavy atom. The quantitative estimate of drug-likeness (QED) is 0.643. The van der Waals surface area contributed by atoms with E-state index in [-0.39, 0.29) is 11.9 Å². The summed E-state index contributed by atoms with van der Waals surface area (Å²) in [6.45, 7) is 10.7. The molecule has 0 radical (unpaired) electrons. The molecular weight excluding hydrogens is 338 g/mol. The third-order valence-corrected chi connectivity index (χ3v) is 4.39. The molecule has 1 heterocycles. The van der Waals surface area contributed by atoms with Gasteiger partial charge in [-0.2, -0.15) is 0 Å². The number of amides is 1. The molecule has 0 bridgehead atoms. The van der Waals surface area contributed by atoms with E-state index in [1.165, 1.54) is 17.2 Å². The third-order valence-electron chi connectivity index (χ3n) is 4.39. The zero-order valence-electron chi connectivity index (χ0n) is 16.0. The van der Waals surface area contributed by atoms with Gasteiger partial charge in [0.1, 0.15) is 18.2 Å². The van der Waals surface area contributed by atoms with Gasteiger partial charge >= 0.3 is 0 Å². The number of hydrogen-bond acceptors (Lipinski definition) is 3. The van der Waals surface area contributed by atoms with Gasteiger partial charge in [-0.05, 0) is 62.2 Å². The number of carbonyl (C=O) groups is 1. The number of aromatic nitrogens is 2. The van der Waals surface area contributed by atoms with Crippen LogP contribution in [0, 0.1) is 13.8 Å². The molecular formula is C22H25N3O2. The summed E-state index contributed by atoms with van der Waals surface area (Å²) in [4.78, 5) is 16.4. The van der Waals surface area contributed by atoms with Crippen LogP contribution < -0.4 is 10.1 Å². The minimum atomic E-state index is -0.232. The van der Waals surface area contributed by atoms with Gasteiger partial charge in [0.05, 0.1) is 23.6 Å². The number of fused-ring (bicyclic) bond motifs is 1. The van der Waals surface area contributed by atoms with E-state index in [0.717, 1.165) is 22.6 Å². The molecule has 1 atom stereocenters. The van der Waals surface area contributed by atoms with Crippen LogP contribution in [0.1, 0.15) is 29.9 Å². The molecule has 1 aromatic heterocycles. The van der Waals surface area contributed by atoms with E-state index in [9.17, 15) is 4.79 Å². The summed E-state index contributed by atoms with van der Waals surface area (Å²) >= 11 is 0. The number of imidazole rings is 1. The molecule has 1 amide bonds. The Bertz CT molecular complexity index is 955. The summed E-state index contributed by atoms with van der Waals surface area (Å²) in [5.74, 6) is 1.45. The molecule has 3 aromatic rings. The summed E-state index contributed by atoms with van der Waals surface area (Å²) in [5, 5.41) is 2.89. The molecule has 1 unspecified atom stereocenters. The van der Waals surface area contributed by atoms with E-state index in [2.05, 4.69) is 36.4 Å². The number of benzene rings is 2. The van der Waals surface area contributed by atoms with Crippen LogP contribution in [-0.2, 0) is 11.3 Å². The molecule has 27 heavy (non-hydrogen) atoms. The van der Waals surface area contributed by atoms with Crippen molar-refractivity contribution in [3.8, 4) is 5.75 Å². The Kier molecular flexibility index (Phi) is 5.60. The monoisotopic (exact) mass is 363 g/mol. The van der Waals surface area contributed by atoms with Gasteiger partial charge in [0.25, 0.3) is 0 Å². The molecule has 5 heteroatoms. The highest BCUT2D eigenvalue weighted by Gasteiger charge is 2.17. The summed E-state index contributed by atoms with van der Waals surface area (Å²) in [7, 11) is 0. The first kappa shape index (κ1) is 18.7. The van der Waals surface area contributed by atoms with Gasteiger partial charge in [0.15, 0.2) is 0 Å². The molecule has 3 rings (SSSR count). The maximum absolute atomic E-state index is 11.7. The van der Waals surface area contributed by atoms with Gasteiger partial charge in [-0.1, -0.05) is 24.8 Å². The van der Waals surface area contributed by atoms with Gasteiger partial charge < -0.3 is 14.6 Å². The van der Waals surface area contributed by atoms with Crippen LogP contribution in [-0.4, -0.2) is 22.1 Å². The second-order valence-electron chi connectivity index (χ2n) is 6.72. The predicted molar refractivity (Wildman–Crippen MR) is 108 cm³/mol. The van der Waals surface area contributed by atoms with Crippen LogP contribution in [0.4, 0.5) is 0 Å². The number of nitrogens with one attached hydrogen (secondary N) is 1. The van der Waals surface area contributed by atoms with Crippen molar-refractivity contribution in [2.45, 2.75) is 33.4 Å². The van der Waals surface area contributed by atoms with Gasteiger partial charge in [-0.15, -0.1) is 0 Å². The fourth-order valence-electron chi connectivity index (χ4n) is 3.27. The van der Waals surface area contributed by atoms with Crippen LogP contribution in [0.25, 0.3) is 11.0 Å². The van der Waals surface area contributed by atoms with Crippen LogP contribution >= 0.6 is 0 Å². The first-order chi connectivity index (χ1) is 13.0. The van der Waals surface area contributed by atoms with E-state index >= 15 is 0 Å². The maximum Gasteiger partial charge on any atom is 0.243 e. The molecule has 0 saturated heterocycles. The highest BCUT2D eigenvalue weighted by Crippen LogP contribution is 2.21. The van der Waals surface area contributed by atoms with Crippen molar-refractivity contribution in [3.05, 3.63) is 72.1 Å². The van der Waals surface area contributed by atoms with Crippen LogP contribution in [0.2, 0.25) is 0 Å². The SMILES string of the molecule is C=CC(=O)NC(C)c1nc2ccccc2n1CCOc1cc(C)cc(C)c1. The van der Waals surface area contributed by atoms with Gasteiger partial charge in [0, 0.05) is 0 Å². The molecule has 0 aliphatic heterocycles. The lowest BCUT2D eigenvalue weighted by molar-refractivity contribution is -0.117. The summed E-state index contributed by atoms with van der Waals surface area (Å²) in [6, 6.07) is 13.9. The molecule has 140 valence electrons. The molecule has 2 aromatic carbocycles. The standard InChI is InChI=1S/C22H25N3O2/c1-5-21(26)23-17(4)22-24-19-8-6-7-9-20(19)25(22)10-11-27-18-13-15(2)12-16(3)14-18/h5-9,12-14,17H,1,10-11H2,2-4H3,(H,23,26). The molecule has 0 aliphatic carbocycles. The number of nitrogens with zero attached hydrogens (tertiary/aromatic N) is 2. The Morgan fingerprint density at radius 2 is 1.96 bits per heavy atom. The number of hydrogen-bond donors (Lipinski definition) is 1. The van der Waals surface area contributed by atoms with E-state index in [1.807, 2.05) is 43.3 Å². The second kappa shape index (κ2) is 8.08. The topological polar surface area (TPSA) is 56.2 Å². The lowest BCUT2D eigenvalue weighted by Gasteiger charge is -2.16. The van der Waals surface area contributed by atoms with E-state index in [4.69, 9.17) is 9.72 Å². The normalized spacial score (nSPS) is 12.0. The van der Waals surface area contributed by atoms with E-state index in [1.54, 1.807) is 0 Å². The minimum Gasteiger partial charge on any atom is -0.492 e. The van der Waals surface area contributed by atoms with Crippen LogP contribution in [0.15, 0.2) is 55.1 Å². The first-order valence-electron chi connectivity index (χ1n) is 9.07. The van der Waals surface area contributed by atoms with Crippen molar-refractivity contribution in [2.24, 2.45) is 0 Å². The summed E-state index contributed by atoms with van der Waals surface area (Å²) < 4.78 is 8.08. The van der Waals surface area contributed by atoms with Crippen molar-refractivity contribution >= 4 is 16.9 Å². The second-order valence-corrected chi connectivity index (χ2v) is 6.72. The van der Waals surface area contributed by atoms with Crippen LogP contribution in [0.3, 0.4) is 0 Å². The molecule has 5 nitrogen and oxygen atoms in total. The number of para-hydroxylation sites is 2. The van der Waals surface area contributed by atoms with Crippen molar-refractivity contribution in [2.75, 3.05) is 6.61 Å². The Hall–Kier alpha value is -3.08. The maximum atomic E-state index is 11.7. The van der Waals surface area contributed by atoms with E-state index in [0.29, 0.717) is 13.2 Å². The van der Waals surface area contributed by atoms with Gasteiger partial charge in [-0.25, -0.2) is 4.98 Å². The summed E-state index contributed by atoms with van der Waals surface area (Å²) in [5.41, 5.74) is 4.29. The summed E-state index contributed by atoms with van der Waals surface area (Å²) in [6.07, 6.45) is 1.27. The molecule has 0 fully saturated rings. The molecule has 0 saturated carbocycles. The van der Waals surface area contributed by atoms with Crippen molar-refractivity contribution in [1.82, 2.24) is 14.9 Å². The smallest absolute Gasteiger partial charge is 0.243 e. The number of ether oxygens (including phenoxy) is 1. The largest absolute Gasteiger partial charge is 0.492 e. The van der Waals surface area contributed by atoms with Crippen molar-refractivity contribution < 1.29 is 9.53 Å². The number of carbonyl (C=O) groups excluding carboxylic acids is 1. The van der Waals surface area contributed by atoms with E-state index < -0.39 is 0 Å². The highest BCUT2D eigenvalue weighted by atomic mass is 16.5. The lowest BCUT2D eigenvalue weighted by Crippen LogP contribution is -2.27. The van der Waals surface area contributed by atoms with Gasteiger partial charge in [-0.3, -0.25) is 4.79 Å². The lowest BCUT2D eigenvalue weighted by atomic mass is 10.1. The first-order valence-corrected chi connectivity index (χ1v) is 9.07. The highest BCUT2D eigenvalue weighted by molar-refractivity contribution is 5.87. The number of rotatable bonds is 7. The molecule has 0 spiro atoms. The zero-order valence-corrected chi connectivity index (χ0v) is 16.0. The Balaban J connectivity index is 1.82.